The molecular formula is C72H54N6Si. The normalized spacial score (nSPS) is 11.7. The molecule has 7 heteroatoms. The molecule has 0 aliphatic heterocycles. The summed E-state index contributed by atoms with van der Waals surface area (Å²) in [6.45, 7) is 4.70. The van der Waals surface area contributed by atoms with Gasteiger partial charge in [0.25, 0.3) is 0 Å². The van der Waals surface area contributed by atoms with Gasteiger partial charge in [0.1, 0.15) is 0 Å². The van der Waals surface area contributed by atoms with Gasteiger partial charge in [-0.3, -0.25) is 9.97 Å². The Morgan fingerprint density at radius 1 is 0.278 bits per heavy atom. The molecule has 14 aromatic rings. The second-order valence-corrected chi connectivity index (χ2v) is 25.0. The summed E-state index contributed by atoms with van der Waals surface area (Å²) in [6, 6.07) is 100. The summed E-state index contributed by atoms with van der Waals surface area (Å²) >= 11 is 0. The average Bonchev–Trinajstić information content (AvgIpc) is 4.04. The van der Waals surface area contributed by atoms with Crippen molar-refractivity contribution < 1.29 is 0 Å². The Labute approximate surface area is 461 Å². The van der Waals surface area contributed by atoms with Crippen LogP contribution in [0.15, 0.2) is 291 Å². The van der Waals surface area contributed by atoms with Gasteiger partial charge in [-0.05, 0) is 144 Å². The molecule has 0 amide bonds. The first-order valence-electron chi connectivity index (χ1n) is 27.0. The van der Waals surface area contributed by atoms with Crippen LogP contribution in [0.2, 0.25) is 13.1 Å². The first kappa shape index (κ1) is 47.4. The molecule has 0 bridgehead atoms. The van der Waals surface area contributed by atoms with E-state index >= 15 is 0 Å². The number of hydrogen-bond donors (Lipinski definition) is 0. The third kappa shape index (κ3) is 8.54. The Morgan fingerprint density at radius 2 is 0.595 bits per heavy atom. The molecule has 0 saturated heterocycles. The lowest BCUT2D eigenvalue weighted by Crippen LogP contribution is -2.55. The second kappa shape index (κ2) is 19.8. The summed E-state index contributed by atoms with van der Waals surface area (Å²) in [6.07, 6.45) is 4.10. The average molecular weight is 1030 g/mol. The SMILES string of the molecule is C[Si](C)(c1ccc(N(c2ccc(-c3ccccc3)cc2)c2ccc3c(c2)c2ccccc2n3-c2ccccc2)cn1)c1ccc(N(c2ccc(-c3ccccc3)cc2)c2ccc3c(c2)c2ccccc2n3-c2ccccc2)cn1. The van der Waals surface area contributed by atoms with Crippen molar-refractivity contribution in [3.63, 3.8) is 0 Å². The van der Waals surface area contributed by atoms with E-state index in [4.69, 9.17) is 9.97 Å². The molecule has 6 nitrogen and oxygen atoms in total. The summed E-state index contributed by atoms with van der Waals surface area (Å²) in [5.74, 6) is 0. The molecule has 0 spiro atoms. The number of pyridine rings is 2. The molecule has 4 heterocycles. The highest BCUT2D eigenvalue weighted by Crippen LogP contribution is 2.42. The Kier molecular flexibility index (Phi) is 11.9. The van der Waals surface area contributed by atoms with E-state index in [2.05, 4.69) is 311 Å². The highest BCUT2D eigenvalue weighted by molar-refractivity contribution is 6.99. The van der Waals surface area contributed by atoms with Crippen LogP contribution in [-0.2, 0) is 0 Å². The number of para-hydroxylation sites is 4. The maximum Gasteiger partial charge on any atom is 0.158 e. The Morgan fingerprint density at radius 3 is 0.975 bits per heavy atom. The van der Waals surface area contributed by atoms with Crippen molar-refractivity contribution in [1.82, 2.24) is 19.1 Å². The molecule has 0 radical (unpaired) electrons. The molecule has 0 aliphatic carbocycles. The van der Waals surface area contributed by atoms with Crippen molar-refractivity contribution in [2.24, 2.45) is 0 Å². The smallest absolute Gasteiger partial charge is 0.158 e. The zero-order chi connectivity index (χ0) is 52.9. The van der Waals surface area contributed by atoms with E-state index < -0.39 is 8.07 Å². The lowest BCUT2D eigenvalue weighted by atomic mass is 10.0. The van der Waals surface area contributed by atoms with Crippen LogP contribution in [0.1, 0.15) is 0 Å². The monoisotopic (exact) mass is 1030 g/mol. The van der Waals surface area contributed by atoms with Crippen LogP contribution in [0, 0.1) is 0 Å². The highest BCUT2D eigenvalue weighted by Gasteiger charge is 2.31. The molecule has 4 aromatic heterocycles. The Balaban J connectivity index is 0.830. The van der Waals surface area contributed by atoms with E-state index in [0.717, 1.165) is 67.2 Å². The number of aromatic nitrogens is 4. The summed E-state index contributed by atoms with van der Waals surface area (Å²) < 4.78 is 4.73. The quantitative estimate of drug-likeness (QED) is 0.114. The fourth-order valence-corrected chi connectivity index (χ4v) is 13.6. The molecule has 79 heavy (non-hydrogen) atoms. The third-order valence-electron chi connectivity index (χ3n) is 15.6. The van der Waals surface area contributed by atoms with E-state index in [9.17, 15) is 0 Å². The van der Waals surface area contributed by atoms with E-state index in [1.807, 2.05) is 12.4 Å². The molecule has 0 fully saturated rings. The predicted octanol–water partition coefficient (Wildman–Crippen LogP) is 17.8. The topological polar surface area (TPSA) is 42.1 Å². The maximum absolute atomic E-state index is 5.35. The number of hydrogen-bond acceptors (Lipinski definition) is 4. The minimum absolute atomic E-state index is 0.980. The van der Waals surface area contributed by atoms with Crippen LogP contribution >= 0.6 is 0 Å². The predicted molar refractivity (Wildman–Crippen MR) is 334 cm³/mol. The summed E-state index contributed by atoms with van der Waals surface area (Å²) in [4.78, 5) is 15.4. The van der Waals surface area contributed by atoms with Gasteiger partial charge in [-0.25, -0.2) is 0 Å². The van der Waals surface area contributed by atoms with Gasteiger partial charge in [-0.15, -0.1) is 0 Å². The van der Waals surface area contributed by atoms with Crippen LogP contribution in [0.25, 0.3) is 77.2 Å². The number of nitrogens with zero attached hydrogens (tertiary/aromatic N) is 6. The van der Waals surface area contributed by atoms with Crippen LogP contribution in [0.4, 0.5) is 34.1 Å². The van der Waals surface area contributed by atoms with Crippen molar-refractivity contribution >= 4 is 96.4 Å². The molecule has 14 rings (SSSR count). The first-order chi connectivity index (χ1) is 38.9. The van der Waals surface area contributed by atoms with Gasteiger partial charge in [0, 0.05) is 66.3 Å². The van der Waals surface area contributed by atoms with E-state index in [1.165, 1.54) is 54.8 Å². The van der Waals surface area contributed by atoms with E-state index in [0.29, 0.717) is 0 Å². The third-order valence-corrected chi connectivity index (χ3v) is 18.8. The summed E-state index contributed by atoms with van der Waals surface area (Å²) in [7, 11) is -2.44. The summed E-state index contributed by atoms with van der Waals surface area (Å²) in [5.41, 5.74) is 17.8. The molecular weight excluding hydrogens is 977 g/mol. The van der Waals surface area contributed by atoms with Crippen LogP contribution < -0.4 is 20.4 Å². The Bertz CT molecular complexity index is 4170. The van der Waals surface area contributed by atoms with Crippen molar-refractivity contribution in [2.75, 3.05) is 9.80 Å². The number of benzene rings is 10. The molecule has 0 saturated carbocycles. The standard InChI is InChI=1S/C72H54N6Si/c1-79(2,71-45-41-61(49-73-71)75(57-35-31-53(32-36-57)51-19-7-3-8-20-51)59-39-43-69-65(47-59)63-27-15-17-29-67(63)77(69)55-23-11-5-12-24-55)72-46-42-62(50-74-72)76(58-37-33-54(34-38-58)52-21-9-4-10-22-52)60-40-44-70-66(48-60)64-28-16-18-30-68(64)78(70)56-25-13-6-14-26-56/h3-50H,1-2H3. The molecule has 10 aromatic carbocycles. The molecule has 0 aliphatic rings. The van der Waals surface area contributed by atoms with Crippen molar-refractivity contribution in [1.29, 1.82) is 0 Å². The minimum Gasteiger partial charge on any atom is -0.309 e. The van der Waals surface area contributed by atoms with Gasteiger partial charge < -0.3 is 18.9 Å². The van der Waals surface area contributed by atoms with Crippen molar-refractivity contribution in [2.45, 2.75) is 13.1 Å². The van der Waals surface area contributed by atoms with Crippen LogP contribution in [0.5, 0.6) is 0 Å². The van der Waals surface area contributed by atoms with Crippen molar-refractivity contribution in [3.05, 3.63) is 291 Å². The lowest BCUT2D eigenvalue weighted by molar-refractivity contribution is 1.18. The first-order valence-corrected chi connectivity index (χ1v) is 30.0. The van der Waals surface area contributed by atoms with E-state index in [1.54, 1.807) is 0 Å². The van der Waals surface area contributed by atoms with Gasteiger partial charge in [0.15, 0.2) is 8.07 Å². The summed E-state index contributed by atoms with van der Waals surface area (Å²) in [5, 5.41) is 6.92. The van der Waals surface area contributed by atoms with Crippen LogP contribution in [-0.4, -0.2) is 27.2 Å². The van der Waals surface area contributed by atoms with Gasteiger partial charge in [0.2, 0.25) is 0 Å². The molecule has 0 unspecified atom stereocenters. The fraction of sp³-hybridized carbons (Fsp3) is 0.0278. The molecule has 0 N–H and O–H groups in total. The van der Waals surface area contributed by atoms with E-state index in [-0.39, 0.29) is 0 Å². The molecule has 0 atom stereocenters. The van der Waals surface area contributed by atoms with Gasteiger partial charge >= 0.3 is 0 Å². The highest BCUT2D eigenvalue weighted by atomic mass is 28.3. The van der Waals surface area contributed by atoms with Gasteiger partial charge in [-0.2, -0.15) is 0 Å². The fourth-order valence-electron chi connectivity index (χ4n) is 11.6. The minimum atomic E-state index is -2.44. The number of fused-ring (bicyclic) bond motifs is 6. The zero-order valence-electron chi connectivity index (χ0n) is 43.9. The number of rotatable bonds is 12. The lowest BCUT2D eigenvalue weighted by Gasteiger charge is -2.28. The Hall–Kier alpha value is -10.1. The second-order valence-electron chi connectivity index (χ2n) is 20.7. The maximum atomic E-state index is 5.35. The molecule has 376 valence electrons. The zero-order valence-corrected chi connectivity index (χ0v) is 44.9. The number of anilines is 6. The van der Waals surface area contributed by atoms with Crippen molar-refractivity contribution in [3.8, 4) is 33.6 Å². The van der Waals surface area contributed by atoms with Gasteiger partial charge in [-0.1, -0.05) is 171 Å². The van der Waals surface area contributed by atoms with Gasteiger partial charge in [0.05, 0.1) is 45.8 Å². The largest absolute Gasteiger partial charge is 0.309 e. The van der Waals surface area contributed by atoms with Crippen LogP contribution in [0.3, 0.4) is 0 Å².